The van der Waals surface area contributed by atoms with Crippen molar-refractivity contribution in [3.8, 4) is 0 Å². The molecule has 2 fully saturated rings. The van der Waals surface area contributed by atoms with Crippen LogP contribution in [0.1, 0.15) is 60.3 Å². The molecule has 2 aliphatic rings. The van der Waals surface area contributed by atoms with E-state index in [1.807, 2.05) is 20.8 Å². The first-order chi connectivity index (χ1) is 11.9. The first-order valence-electron chi connectivity index (χ1n) is 9.31. The average Bonchev–Trinajstić information content (AvgIpc) is 2.78. The summed E-state index contributed by atoms with van der Waals surface area (Å²) in [5.41, 5.74) is 3.51. The van der Waals surface area contributed by atoms with Crippen molar-refractivity contribution in [3.63, 3.8) is 0 Å². The van der Waals surface area contributed by atoms with Crippen LogP contribution >= 0.6 is 0 Å². The van der Waals surface area contributed by atoms with Crippen molar-refractivity contribution in [2.24, 2.45) is 5.92 Å². The third-order valence-corrected chi connectivity index (χ3v) is 6.07. The lowest BCUT2D eigenvalue weighted by molar-refractivity contribution is -0.126. The van der Waals surface area contributed by atoms with E-state index in [1.165, 1.54) is 0 Å². The van der Waals surface area contributed by atoms with Gasteiger partial charge in [-0.25, -0.2) is 0 Å². The minimum absolute atomic E-state index is 0.0812. The number of carbonyl (C=O) groups is 2. The van der Waals surface area contributed by atoms with E-state index < -0.39 is 11.5 Å². The minimum atomic E-state index is -0.644. The Kier molecular flexibility index (Phi) is 5.01. The molecule has 1 N–H and O–H groups in total. The lowest BCUT2D eigenvalue weighted by Gasteiger charge is -2.36. The summed E-state index contributed by atoms with van der Waals surface area (Å²) in [6.45, 7) is 6.82. The molecular formula is C21H29NO3. The Balaban J connectivity index is 1.82. The summed E-state index contributed by atoms with van der Waals surface area (Å²) in [6, 6.07) is 4.13. The summed E-state index contributed by atoms with van der Waals surface area (Å²) >= 11 is 0. The quantitative estimate of drug-likeness (QED) is 0.853. The standard InChI is InChI=1S/C21H29NO3/c1-13-11-14(2)17(15(3)12-13)18-19(23)21(22-20(18)24)8-5-16(6-9-21)7-10-25-4/h11-12,16,18H,5-10H2,1-4H3,(H,22,24). The van der Waals surface area contributed by atoms with Crippen LogP contribution in [0, 0.1) is 26.7 Å². The smallest absolute Gasteiger partial charge is 0.235 e. The second kappa shape index (κ2) is 6.91. The number of ketones is 1. The first-order valence-corrected chi connectivity index (χ1v) is 9.31. The van der Waals surface area contributed by atoms with Gasteiger partial charge in [-0.15, -0.1) is 0 Å². The molecule has 4 nitrogen and oxygen atoms in total. The number of carbonyl (C=O) groups excluding carboxylic acids is 2. The maximum atomic E-state index is 13.3. The van der Waals surface area contributed by atoms with Crippen LogP contribution in [0.3, 0.4) is 0 Å². The monoisotopic (exact) mass is 343 g/mol. The Hall–Kier alpha value is -1.68. The maximum absolute atomic E-state index is 13.3. The van der Waals surface area contributed by atoms with Gasteiger partial charge in [0.1, 0.15) is 5.92 Å². The third kappa shape index (κ3) is 3.24. The molecule has 1 aliphatic heterocycles. The molecule has 25 heavy (non-hydrogen) atoms. The number of methoxy groups -OCH3 is 1. The predicted octanol–water partition coefficient (Wildman–Crippen LogP) is 3.36. The maximum Gasteiger partial charge on any atom is 0.235 e. The SMILES string of the molecule is COCCC1CCC2(CC1)NC(=O)C(c1c(C)cc(C)cc1C)C2=O. The van der Waals surface area contributed by atoms with Crippen LogP contribution in [-0.4, -0.2) is 30.9 Å². The number of amides is 1. The number of ether oxygens (including phenoxy) is 1. The molecule has 0 bridgehead atoms. The fourth-order valence-electron chi connectivity index (χ4n) is 4.79. The summed E-state index contributed by atoms with van der Waals surface area (Å²) in [5, 5.41) is 3.09. The van der Waals surface area contributed by atoms with E-state index in [1.54, 1.807) is 7.11 Å². The van der Waals surface area contributed by atoms with E-state index >= 15 is 0 Å². The van der Waals surface area contributed by atoms with Gasteiger partial charge in [0.2, 0.25) is 5.91 Å². The van der Waals surface area contributed by atoms with E-state index in [-0.39, 0.29) is 11.7 Å². The molecule has 1 saturated carbocycles. The Labute approximate surface area is 150 Å². The van der Waals surface area contributed by atoms with Crippen LogP contribution in [0.15, 0.2) is 12.1 Å². The highest BCUT2D eigenvalue weighted by Gasteiger charge is 2.54. The number of nitrogens with one attached hydrogen (secondary N) is 1. The van der Waals surface area contributed by atoms with E-state index in [2.05, 4.69) is 17.4 Å². The van der Waals surface area contributed by atoms with Crippen LogP contribution in [0.5, 0.6) is 0 Å². The van der Waals surface area contributed by atoms with Gasteiger partial charge in [0.25, 0.3) is 0 Å². The van der Waals surface area contributed by atoms with Crippen molar-refractivity contribution in [2.45, 2.75) is 64.3 Å². The second-order valence-corrected chi connectivity index (χ2v) is 7.91. The van der Waals surface area contributed by atoms with Crippen LogP contribution in [-0.2, 0) is 14.3 Å². The van der Waals surface area contributed by atoms with Gasteiger partial charge in [0.05, 0.1) is 5.54 Å². The van der Waals surface area contributed by atoms with Gasteiger partial charge in [-0.05, 0) is 75.5 Å². The zero-order chi connectivity index (χ0) is 18.2. The van der Waals surface area contributed by atoms with Crippen LogP contribution in [0.2, 0.25) is 0 Å². The molecule has 136 valence electrons. The number of hydrogen-bond acceptors (Lipinski definition) is 3. The molecule has 0 aromatic heterocycles. The molecule has 1 aromatic rings. The summed E-state index contributed by atoms with van der Waals surface area (Å²) in [7, 11) is 1.72. The molecular weight excluding hydrogens is 314 g/mol. The Morgan fingerprint density at radius 3 is 2.28 bits per heavy atom. The first kappa shape index (κ1) is 18.1. The van der Waals surface area contributed by atoms with Crippen molar-refractivity contribution in [3.05, 3.63) is 34.4 Å². The second-order valence-electron chi connectivity index (χ2n) is 7.91. The van der Waals surface area contributed by atoms with Crippen LogP contribution in [0.25, 0.3) is 0 Å². The average molecular weight is 343 g/mol. The molecule has 1 aromatic carbocycles. The van der Waals surface area contributed by atoms with Crippen LogP contribution < -0.4 is 5.32 Å². The Morgan fingerprint density at radius 2 is 1.72 bits per heavy atom. The van der Waals surface area contributed by atoms with Gasteiger partial charge in [0.15, 0.2) is 5.78 Å². The fraction of sp³-hybridized carbons (Fsp3) is 0.619. The van der Waals surface area contributed by atoms with Crippen molar-refractivity contribution in [1.82, 2.24) is 5.32 Å². The highest BCUT2D eigenvalue weighted by Crippen LogP contribution is 2.42. The molecule has 1 atom stereocenters. The lowest BCUT2D eigenvalue weighted by Crippen LogP contribution is -2.49. The van der Waals surface area contributed by atoms with Crippen LogP contribution in [0.4, 0.5) is 0 Å². The molecule has 1 spiro atoms. The van der Waals surface area contributed by atoms with Crippen molar-refractivity contribution in [1.29, 1.82) is 0 Å². The number of rotatable bonds is 4. The van der Waals surface area contributed by atoms with E-state index in [4.69, 9.17) is 4.74 Å². The number of hydrogen-bond donors (Lipinski definition) is 1. The van der Waals surface area contributed by atoms with E-state index in [0.717, 1.165) is 61.0 Å². The van der Waals surface area contributed by atoms with Gasteiger partial charge in [-0.1, -0.05) is 17.7 Å². The van der Waals surface area contributed by atoms with E-state index in [9.17, 15) is 9.59 Å². The summed E-state index contributed by atoms with van der Waals surface area (Å²) < 4.78 is 5.17. The molecule has 1 heterocycles. The van der Waals surface area contributed by atoms with Crippen molar-refractivity contribution >= 4 is 11.7 Å². The molecule has 3 rings (SSSR count). The Bertz CT molecular complexity index is 663. The fourth-order valence-corrected chi connectivity index (χ4v) is 4.79. The summed E-state index contributed by atoms with van der Waals surface area (Å²) in [4.78, 5) is 26.0. The predicted molar refractivity (Wildman–Crippen MR) is 97.7 cm³/mol. The highest BCUT2D eigenvalue weighted by molar-refractivity contribution is 6.17. The third-order valence-electron chi connectivity index (χ3n) is 6.07. The van der Waals surface area contributed by atoms with Gasteiger partial charge in [-0.3, -0.25) is 9.59 Å². The van der Waals surface area contributed by atoms with Crippen molar-refractivity contribution in [2.75, 3.05) is 13.7 Å². The van der Waals surface area contributed by atoms with Gasteiger partial charge in [0, 0.05) is 13.7 Å². The lowest BCUT2D eigenvalue weighted by atomic mass is 9.72. The van der Waals surface area contributed by atoms with Gasteiger partial charge >= 0.3 is 0 Å². The molecule has 0 radical (unpaired) electrons. The zero-order valence-corrected chi connectivity index (χ0v) is 15.8. The number of benzene rings is 1. The number of Topliss-reactive ketones (excluding diaryl/α,β-unsaturated/α-hetero) is 1. The van der Waals surface area contributed by atoms with Crippen molar-refractivity contribution < 1.29 is 14.3 Å². The molecule has 1 amide bonds. The topological polar surface area (TPSA) is 55.4 Å². The summed E-state index contributed by atoms with van der Waals surface area (Å²) in [5.74, 6) is -0.0820. The summed E-state index contributed by atoms with van der Waals surface area (Å²) in [6.07, 6.45) is 4.51. The van der Waals surface area contributed by atoms with Gasteiger partial charge < -0.3 is 10.1 Å². The molecule has 4 heteroatoms. The Morgan fingerprint density at radius 1 is 1.12 bits per heavy atom. The normalized spacial score (nSPS) is 29.3. The molecule has 1 aliphatic carbocycles. The number of aryl methyl sites for hydroxylation is 3. The molecule has 1 saturated heterocycles. The largest absolute Gasteiger partial charge is 0.385 e. The zero-order valence-electron chi connectivity index (χ0n) is 15.8. The molecule has 1 unspecified atom stereocenters. The van der Waals surface area contributed by atoms with Gasteiger partial charge in [-0.2, -0.15) is 0 Å². The van der Waals surface area contributed by atoms with E-state index in [0.29, 0.717) is 5.92 Å². The highest BCUT2D eigenvalue weighted by atomic mass is 16.5. The minimum Gasteiger partial charge on any atom is -0.385 e.